The minimum absolute atomic E-state index is 0.0575. The van der Waals surface area contributed by atoms with E-state index < -0.39 is 0 Å². The molecule has 1 unspecified atom stereocenters. The smallest absolute Gasteiger partial charge is 0.182 e. The van der Waals surface area contributed by atoms with Crippen LogP contribution in [0.4, 0.5) is 0 Å². The third-order valence-electron chi connectivity index (χ3n) is 3.66. The van der Waals surface area contributed by atoms with Crippen LogP contribution in [0.2, 0.25) is 0 Å². The fourth-order valence-corrected chi connectivity index (χ4v) is 3.73. The van der Waals surface area contributed by atoms with Crippen molar-refractivity contribution in [3.63, 3.8) is 0 Å². The highest BCUT2D eigenvalue weighted by Gasteiger charge is 2.28. The number of ether oxygens (including phenoxy) is 1. The molecule has 2 aliphatic rings. The number of likely N-dealkylation sites (N-methyl/N-ethyl adjacent to an activating group) is 1. The summed E-state index contributed by atoms with van der Waals surface area (Å²) in [5.74, 6) is 0.210. The standard InChI is InChI=1S/C13H18N2O2S/c1-2-15-6-7-17-10(8-15)13-14-12-9(16)4-3-5-11(12)18-13/h10H,2-8H2,1H3. The summed E-state index contributed by atoms with van der Waals surface area (Å²) in [5, 5.41) is 0.994. The molecular formula is C13H18N2O2S. The molecule has 0 radical (unpaired) electrons. The normalized spacial score (nSPS) is 25.2. The molecule has 18 heavy (non-hydrogen) atoms. The Bertz CT molecular complexity index is 458. The molecule has 1 aliphatic heterocycles. The highest BCUT2D eigenvalue weighted by molar-refractivity contribution is 7.12. The van der Waals surface area contributed by atoms with Crippen molar-refractivity contribution < 1.29 is 9.53 Å². The molecule has 1 aliphatic carbocycles. The lowest BCUT2D eigenvalue weighted by Gasteiger charge is -2.30. The Morgan fingerprint density at radius 1 is 1.50 bits per heavy atom. The quantitative estimate of drug-likeness (QED) is 0.821. The van der Waals surface area contributed by atoms with E-state index in [1.165, 1.54) is 4.88 Å². The van der Waals surface area contributed by atoms with Gasteiger partial charge in [-0.3, -0.25) is 9.69 Å². The number of hydrogen-bond acceptors (Lipinski definition) is 5. The molecule has 0 spiro atoms. The number of ketones is 1. The first-order valence-corrected chi connectivity index (χ1v) is 7.46. The van der Waals surface area contributed by atoms with Crippen LogP contribution in [0.15, 0.2) is 0 Å². The van der Waals surface area contributed by atoms with Crippen molar-refractivity contribution in [3.8, 4) is 0 Å². The summed E-state index contributed by atoms with van der Waals surface area (Å²) in [6.45, 7) is 5.87. The average molecular weight is 266 g/mol. The molecule has 4 nitrogen and oxygen atoms in total. The molecule has 0 saturated carbocycles. The van der Waals surface area contributed by atoms with Crippen molar-refractivity contribution in [2.45, 2.75) is 32.3 Å². The maximum atomic E-state index is 11.8. The first-order chi connectivity index (χ1) is 8.78. The summed E-state index contributed by atoms with van der Waals surface area (Å²) in [6, 6.07) is 0. The third-order valence-corrected chi connectivity index (χ3v) is 4.87. The van der Waals surface area contributed by atoms with Gasteiger partial charge in [-0.1, -0.05) is 6.92 Å². The van der Waals surface area contributed by atoms with Crippen LogP contribution in [0.5, 0.6) is 0 Å². The van der Waals surface area contributed by atoms with Gasteiger partial charge in [0.2, 0.25) is 0 Å². The molecule has 1 atom stereocenters. The lowest BCUT2D eigenvalue weighted by atomic mass is 10.0. The second-order valence-electron chi connectivity index (χ2n) is 4.85. The number of Topliss-reactive ketones (excluding diaryl/α,β-unsaturated/α-hetero) is 1. The summed E-state index contributed by atoms with van der Waals surface area (Å²) >= 11 is 1.67. The Kier molecular flexibility index (Phi) is 3.46. The second kappa shape index (κ2) is 5.07. The maximum Gasteiger partial charge on any atom is 0.182 e. The summed E-state index contributed by atoms with van der Waals surface area (Å²) in [6.07, 6.45) is 2.69. The predicted molar refractivity (Wildman–Crippen MR) is 70.2 cm³/mol. The van der Waals surface area contributed by atoms with E-state index in [2.05, 4.69) is 16.8 Å². The third kappa shape index (κ3) is 2.22. The van der Waals surface area contributed by atoms with Gasteiger partial charge in [0.15, 0.2) is 5.78 Å². The minimum Gasteiger partial charge on any atom is -0.368 e. The Balaban J connectivity index is 1.82. The van der Waals surface area contributed by atoms with E-state index in [9.17, 15) is 4.79 Å². The molecule has 1 aromatic rings. The minimum atomic E-state index is 0.0575. The fraction of sp³-hybridized carbons (Fsp3) is 0.692. The van der Waals surface area contributed by atoms with Gasteiger partial charge in [-0.25, -0.2) is 4.98 Å². The monoisotopic (exact) mass is 266 g/mol. The lowest BCUT2D eigenvalue weighted by Crippen LogP contribution is -2.38. The van der Waals surface area contributed by atoms with Crippen LogP contribution in [0.1, 0.15) is 46.2 Å². The van der Waals surface area contributed by atoms with Crippen molar-refractivity contribution in [1.29, 1.82) is 0 Å². The van der Waals surface area contributed by atoms with Gasteiger partial charge in [-0.15, -0.1) is 11.3 Å². The van der Waals surface area contributed by atoms with E-state index in [1.807, 2.05) is 0 Å². The first kappa shape index (κ1) is 12.3. The average Bonchev–Trinajstić information content (AvgIpc) is 2.84. The summed E-state index contributed by atoms with van der Waals surface area (Å²) in [4.78, 5) is 19.9. The van der Waals surface area contributed by atoms with Gasteiger partial charge in [0.05, 0.1) is 6.61 Å². The molecule has 0 bridgehead atoms. The van der Waals surface area contributed by atoms with Crippen LogP contribution in [0, 0.1) is 0 Å². The zero-order chi connectivity index (χ0) is 12.5. The van der Waals surface area contributed by atoms with Crippen LogP contribution in [0.3, 0.4) is 0 Å². The van der Waals surface area contributed by atoms with E-state index in [0.29, 0.717) is 6.42 Å². The summed E-state index contributed by atoms with van der Waals surface area (Å²) < 4.78 is 5.80. The number of carbonyl (C=O) groups is 1. The van der Waals surface area contributed by atoms with Gasteiger partial charge in [0.1, 0.15) is 16.8 Å². The molecule has 1 saturated heterocycles. The van der Waals surface area contributed by atoms with E-state index >= 15 is 0 Å². The Morgan fingerprint density at radius 2 is 2.39 bits per heavy atom. The zero-order valence-electron chi connectivity index (χ0n) is 10.6. The highest BCUT2D eigenvalue weighted by Crippen LogP contribution is 2.32. The van der Waals surface area contributed by atoms with Crippen LogP contribution in [-0.2, 0) is 11.2 Å². The largest absolute Gasteiger partial charge is 0.368 e. The summed E-state index contributed by atoms with van der Waals surface area (Å²) in [5.41, 5.74) is 0.721. The molecule has 0 amide bonds. The molecule has 1 aromatic heterocycles. The summed E-state index contributed by atoms with van der Waals surface area (Å²) in [7, 11) is 0. The van der Waals surface area contributed by atoms with Crippen LogP contribution >= 0.6 is 11.3 Å². The Morgan fingerprint density at radius 3 is 3.17 bits per heavy atom. The molecule has 0 N–H and O–H groups in total. The number of aryl methyl sites for hydroxylation is 1. The molecule has 3 rings (SSSR count). The first-order valence-electron chi connectivity index (χ1n) is 6.64. The number of carbonyl (C=O) groups excluding carboxylic acids is 1. The number of thiazole rings is 1. The zero-order valence-corrected chi connectivity index (χ0v) is 11.5. The molecule has 2 heterocycles. The van der Waals surface area contributed by atoms with Crippen LogP contribution in [-0.4, -0.2) is 41.9 Å². The van der Waals surface area contributed by atoms with Gasteiger partial charge < -0.3 is 4.74 Å². The molecule has 98 valence electrons. The Labute approximate surface area is 111 Å². The molecule has 0 aromatic carbocycles. The van der Waals surface area contributed by atoms with Crippen molar-refractivity contribution >= 4 is 17.1 Å². The fourth-order valence-electron chi connectivity index (χ4n) is 2.56. The predicted octanol–water partition coefficient (Wildman–Crippen LogP) is 2.06. The molecule has 1 fully saturated rings. The molecule has 5 heteroatoms. The SMILES string of the molecule is CCN1CCOC(c2nc3c(s2)CCCC3=O)C1. The van der Waals surface area contributed by atoms with Gasteiger partial charge >= 0.3 is 0 Å². The number of hydrogen-bond donors (Lipinski definition) is 0. The number of rotatable bonds is 2. The van der Waals surface area contributed by atoms with E-state index in [1.54, 1.807) is 11.3 Å². The number of morpholine rings is 1. The number of fused-ring (bicyclic) bond motifs is 1. The van der Waals surface area contributed by atoms with E-state index in [4.69, 9.17) is 4.74 Å². The van der Waals surface area contributed by atoms with Crippen molar-refractivity contribution in [1.82, 2.24) is 9.88 Å². The van der Waals surface area contributed by atoms with Crippen molar-refractivity contribution in [2.75, 3.05) is 26.2 Å². The van der Waals surface area contributed by atoms with Crippen molar-refractivity contribution in [3.05, 3.63) is 15.6 Å². The van der Waals surface area contributed by atoms with Gasteiger partial charge in [-0.05, 0) is 19.4 Å². The van der Waals surface area contributed by atoms with E-state index in [-0.39, 0.29) is 11.9 Å². The number of nitrogens with zero attached hydrogens (tertiary/aromatic N) is 2. The van der Waals surface area contributed by atoms with Gasteiger partial charge in [0.25, 0.3) is 0 Å². The van der Waals surface area contributed by atoms with Gasteiger partial charge in [0, 0.05) is 24.4 Å². The Hall–Kier alpha value is -0.780. The lowest BCUT2D eigenvalue weighted by molar-refractivity contribution is -0.0282. The second-order valence-corrected chi connectivity index (χ2v) is 5.97. The highest BCUT2D eigenvalue weighted by atomic mass is 32.1. The molecular weight excluding hydrogens is 248 g/mol. The number of aromatic nitrogens is 1. The van der Waals surface area contributed by atoms with Crippen LogP contribution in [0.25, 0.3) is 0 Å². The topological polar surface area (TPSA) is 42.4 Å². The maximum absolute atomic E-state index is 11.8. The van der Waals surface area contributed by atoms with Gasteiger partial charge in [-0.2, -0.15) is 0 Å². The van der Waals surface area contributed by atoms with E-state index in [0.717, 1.165) is 49.8 Å². The van der Waals surface area contributed by atoms with Crippen LogP contribution < -0.4 is 0 Å². The van der Waals surface area contributed by atoms with Crippen molar-refractivity contribution in [2.24, 2.45) is 0 Å².